The van der Waals surface area contributed by atoms with Crippen LogP contribution in [0.1, 0.15) is 30.4 Å². The van der Waals surface area contributed by atoms with Crippen LogP contribution in [0.2, 0.25) is 0 Å². The van der Waals surface area contributed by atoms with Gasteiger partial charge in [0, 0.05) is 38.5 Å². The first-order chi connectivity index (χ1) is 13.1. The number of hydrogen-bond donors (Lipinski definition) is 1. The van der Waals surface area contributed by atoms with Gasteiger partial charge >= 0.3 is 0 Å². The summed E-state index contributed by atoms with van der Waals surface area (Å²) in [4.78, 5) is 17.8. The summed E-state index contributed by atoms with van der Waals surface area (Å²) >= 11 is 0. The second-order valence-corrected chi connectivity index (χ2v) is 6.94. The molecule has 10 heteroatoms. The number of amides is 1. The Morgan fingerprint density at radius 1 is 1.21 bits per heavy atom. The number of carbonyl (C=O) groups is 1. The third-order valence-corrected chi connectivity index (χ3v) is 4.67. The van der Waals surface area contributed by atoms with Gasteiger partial charge in [0.25, 0.3) is 5.92 Å². The van der Waals surface area contributed by atoms with Crippen LogP contribution in [0.3, 0.4) is 0 Å². The van der Waals surface area contributed by atoms with E-state index in [2.05, 4.69) is 4.98 Å². The predicted molar refractivity (Wildman–Crippen MR) is 89.8 cm³/mol. The van der Waals surface area contributed by atoms with E-state index >= 15 is 0 Å². The molecule has 2 aromatic rings. The Hall–Kier alpha value is -2.49. The topological polar surface area (TPSA) is 64.2 Å². The van der Waals surface area contributed by atoms with E-state index in [4.69, 9.17) is 5.73 Å². The van der Waals surface area contributed by atoms with Crippen LogP contribution < -0.4 is 5.73 Å². The first kappa shape index (κ1) is 20.2. The second-order valence-electron chi connectivity index (χ2n) is 6.94. The van der Waals surface area contributed by atoms with Crippen LogP contribution in [0.5, 0.6) is 0 Å². The number of benzene rings is 1. The first-order valence-electron chi connectivity index (χ1n) is 8.65. The Labute approximate surface area is 157 Å². The summed E-state index contributed by atoms with van der Waals surface area (Å²) in [5, 5.41) is 0. The van der Waals surface area contributed by atoms with Gasteiger partial charge in [-0.25, -0.2) is 18.2 Å². The molecule has 0 fully saturated rings. The van der Waals surface area contributed by atoms with E-state index in [0.29, 0.717) is 11.9 Å². The van der Waals surface area contributed by atoms with Crippen LogP contribution in [0.25, 0.3) is 0 Å². The minimum Gasteiger partial charge on any atom is -0.333 e. The lowest BCUT2D eigenvalue weighted by atomic mass is 10.0. The molecule has 1 aromatic heterocycles. The number of halogens is 5. The van der Waals surface area contributed by atoms with Crippen molar-refractivity contribution in [3.8, 4) is 0 Å². The Morgan fingerprint density at radius 2 is 1.89 bits per heavy atom. The molecule has 1 aliphatic rings. The number of hydrogen-bond acceptors (Lipinski definition) is 3. The van der Waals surface area contributed by atoms with Crippen LogP contribution in [-0.2, 0) is 30.2 Å². The average Bonchev–Trinajstić information content (AvgIpc) is 3.03. The number of nitrogens with zero attached hydrogens (tertiary/aromatic N) is 3. The molecule has 28 heavy (non-hydrogen) atoms. The van der Waals surface area contributed by atoms with E-state index in [-0.39, 0.29) is 49.6 Å². The molecule has 0 unspecified atom stereocenters. The molecule has 0 radical (unpaired) electrons. The lowest BCUT2D eigenvalue weighted by Crippen LogP contribution is -2.42. The minimum atomic E-state index is -3.03. The molecule has 1 aromatic carbocycles. The molecule has 0 spiro atoms. The highest BCUT2D eigenvalue weighted by molar-refractivity contribution is 5.77. The Balaban J connectivity index is 1.63. The van der Waals surface area contributed by atoms with Gasteiger partial charge in [0.2, 0.25) is 5.91 Å². The van der Waals surface area contributed by atoms with Crippen LogP contribution in [-0.4, -0.2) is 32.9 Å². The smallest absolute Gasteiger partial charge is 0.286 e. The summed E-state index contributed by atoms with van der Waals surface area (Å²) in [5.41, 5.74) is 5.55. The van der Waals surface area contributed by atoms with Gasteiger partial charge in [0.15, 0.2) is 11.6 Å². The highest BCUT2D eigenvalue weighted by Crippen LogP contribution is 2.29. The molecule has 1 aliphatic heterocycles. The largest absolute Gasteiger partial charge is 0.333 e. The molecule has 1 amide bonds. The van der Waals surface area contributed by atoms with Crippen molar-refractivity contribution in [3.05, 3.63) is 52.9 Å². The molecule has 0 bridgehead atoms. The molecule has 5 nitrogen and oxygen atoms in total. The molecular weight excluding hydrogens is 383 g/mol. The molecule has 2 N–H and O–H groups in total. The van der Waals surface area contributed by atoms with Crippen molar-refractivity contribution in [2.24, 2.45) is 5.73 Å². The van der Waals surface area contributed by atoms with E-state index < -0.39 is 29.4 Å². The maximum Gasteiger partial charge on any atom is 0.286 e. The third-order valence-electron chi connectivity index (χ3n) is 4.67. The summed E-state index contributed by atoms with van der Waals surface area (Å²) in [7, 11) is 0. The maximum atomic E-state index is 13.7. The summed E-state index contributed by atoms with van der Waals surface area (Å²) in [6.07, 6.45) is 0.792. The fraction of sp³-hybridized carbons (Fsp3) is 0.444. The van der Waals surface area contributed by atoms with Gasteiger partial charge in [-0.2, -0.15) is 8.78 Å². The zero-order valence-electron chi connectivity index (χ0n) is 15.1. The van der Waals surface area contributed by atoms with Gasteiger partial charge in [-0.15, -0.1) is 0 Å². The lowest BCUT2D eigenvalue weighted by Gasteiger charge is -2.30. The zero-order valence-corrected chi connectivity index (χ0v) is 15.1. The highest BCUT2D eigenvalue weighted by Gasteiger charge is 2.33. The van der Waals surface area contributed by atoms with Gasteiger partial charge in [-0.1, -0.05) is 0 Å². The summed E-state index contributed by atoms with van der Waals surface area (Å²) in [6.45, 7) is 1.22. The van der Waals surface area contributed by atoms with E-state index in [9.17, 15) is 26.7 Å². The van der Waals surface area contributed by atoms with Crippen molar-refractivity contribution >= 4 is 5.91 Å². The molecule has 1 atom stereocenters. The van der Waals surface area contributed by atoms with E-state index in [0.717, 1.165) is 19.2 Å². The number of rotatable bonds is 5. The number of aromatic nitrogens is 2. The number of carbonyl (C=O) groups excluding carboxylic acids is 1. The van der Waals surface area contributed by atoms with Crippen molar-refractivity contribution in [1.82, 2.24) is 14.5 Å². The van der Waals surface area contributed by atoms with Crippen molar-refractivity contribution in [2.45, 2.75) is 44.8 Å². The van der Waals surface area contributed by atoms with Crippen LogP contribution in [0.15, 0.2) is 18.3 Å². The summed E-state index contributed by atoms with van der Waals surface area (Å²) in [6, 6.07) is 0.341. The van der Waals surface area contributed by atoms with Crippen molar-refractivity contribution in [2.75, 3.05) is 6.54 Å². The quantitative estimate of drug-likeness (QED) is 0.618. The Bertz CT molecular complexity index is 893. The van der Waals surface area contributed by atoms with Gasteiger partial charge < -0.3 is 15.2 Å². The normalized spacial score (nSPS) is 15.5. The Morgan fingerprint density at radius 3 is 2.57 bits per heavy atom. The van der Waals surface area contributed by atoms with Crippen LogP contribution in [0.4, 0.5) is 22.0 Å². The molecule has 0 aliphatic carbocycles. The van der Waals surface area contributed by atoms with Crippen LogP contribution in [0, 0.1) is 17.5 Å². The van der Waals surface area contributed by atoms with E-state index in [1.165, 1.54) is 9.47 Å². The van der Waals surface area contributed by atoms with Gasteiger partial charge in [0.1, 0.15) is 17.3 Å². The van der Waals surface area contributed by atoms with Gasteiger partial charge in [-0.05, 0) is 18.1 Å². The minimum absolute atomic E-state index is 0.0567. The molecule has 152 valence electrons. The van der Waals surface area contributed by atoms with Gasteiger partial charge in [0.05, 0.1) is 12.7 Å². The molecule has 0 saturated heterocycles. The van der Waals surface area contributed by atoms with Crippen molar-refractivity contribution in [1.29, 1.82) is 0 Å². The fourth-order valence-electron chi connectivity index (χ4n) is 3.25. The molecule has 2 heterocycles. The van der Waals surface area contributed by atoms with Crippen molar-refractivity contribution in [3.63, 3.8) is 0 Å². The number of nitrogens with two attached hydrogens (primary N) is 1. The monoisotopic (exact) mass is 402 g/mol. The van der Waals surface area contributed by atoms with E-state index in [1.807, 2.05) is 0 Å². The number of fused-ring (bicyclic) bond motifs is 1. The highest BCUT2D eigenvalue weighted by atomic mass is 19.3. The van der Waals surface area contributed by atoms with Gasteiger partial charge in [-0.3, -0.25) is 4.79 Å². The number of alkyl halides is 2. The van der Waals surface area contributed by atoms with Crippen molar-refractivity contribution < 1.29 is 26.7 Å². The third kappa shape index (κ3) is 4.16. The van der Waals surface area contributed by atoms with Crippen LogP contribution >= 0.6 is 0 Å². The second kappa shape index (κ2) is 7.50. The maximum absolute atomic E-state index is 13.7. The fourth-order valence-corrected chi connectivity index (χ4v) is 3.25. The standard InChI is InChI=1S/C18H19F5N4O/c1-18(22,23)15-8-25-16-9-26(2-3-27(15)16)17(28)6-11(24)4-10-5-13(20)14(21)7-12(10)19/h5,7-8,11H,2-4,6,9,24H2,1H3/t11-/m1/s1. The SMILES string of the molecule is CC(F)(F)c1cnc2n1CCN(C(=O)C[C@H](N)Cc1cc(F)c(F)cc1F)C2. The molecule has 3 rings (SSSR count). The molecule has 0 saturated carbocycles. The summed E-state index contributed by atoms with van der Waals surface area (Å²) in [5.74, 6) is -6.47. The number of imidazole rings is 1. The Kier molecular flexibility index (Phi) is 5.42. The molecular formula is C18H19F5N4O. The first-order valence-corrected chi connectivity index (χ1v) is 8.65. The lowest BCUT2D eigenvalue weighted by molar-refractivity contribution is -0.133. The average molecular weight is 402 g/mol. The van der Waals surface area contributed by atoms with E-state index in [1.54, 1.807) is 0 Å². The predicted octanol–water partition coefficient (Wildman–Crippen LogP) is 2.71. The summed E-state index contributed by atoms with van der Waals surface area (Å²) < 4.78 is 68.5. The zero-order chi connectivity index (χ0) is 20.6.